The van der Waals surface area contributed by atoms with E-state index in [1.807, 2.05) is 18.5 Å². The molecule has 0 aromatic carbocycles. The maximum atomic E-state index is 11.4. The third-order valence-electron chi connectivity index (χ3n) is 3.62. The second kappa shape index (κ2) is 6.49. The van der Waals surface area contributed by atoms with Gasteiger partial charge in [0.25, 0.3) is 0 Å². The molecule has 1 atom stereocenters. The van der Waals surface area contributed by atoms with Gasteiger partial charge in [0.05, 0.1) is 6.54 Å². The minimum Gasteiger partial charge on any atom is -0.352 e. The molecule has 0 aliphatic carbocycles. The fourth-order valence-electron chi connectivity index (χ4n) is 2.66. The van der Waals surface area contributed by atoms with Gasteiger partial charge in [-0.2, -0.15) is 0 Å². The number of imidazole rings is 1. The van der Waals surface area contributed by atoms with E-state index in [0.717, 1.165) is 37.4 Å². The summed E-state index contributed by atoms with van der Waals surface area (Å²) in [5.41, 5.74) is 1.16. The largest absolute Gasteiger partial charge is 0.352 e. The van der Waals surface area contributed by atoms with Crippen LogP contribution in [0.2, 0.25) is 0 Å². The second-order valence-electron chi connectivity index (χ2n) is 5.37. The summed E-state index contributed by atoms with van der Waals surface area (Å²) in [4.78, 5) is 25.2. The lowest BCUT2D eigenvalue weighted by Gasteiger charge is -2.24. The van der Waals surface area contributed by atoms with Crippen LogP contribution in [0.3, 0.4) is 0 Å². The van der Waals surface area contributed by atoms with Crippen LogP contribution in [0.15, 0.2) is 36.9 Å². The molecule has 2 aromatic heterocycles. The molecule has 1 amide bonds. The van der Waals surface area contributed by atoms with Gasteiger partial charge in [0.1, 0.15) is 5.82 Å². The Morgan fingerprint density at radius 2 is 2.29 bits per heavy atom. The molecule has 0 bridgehead atoms. The maximum Gasteiger partial charge on any atom is 0.220 e. The van der Waals surface area contributed by atoms with E-state index in [2.05, 4.69) is 31.2 Å². The molecular weight excluding hydrogens is 266 g/mol. The van der Waals surface area contributed by atoms with Crippen molar-refractivity contribution in [2.45, 2.75) is 32.0 Å². The third-order valence-corrected chi connectivity index (χ3v) is 3.62. The minimum absolute atomic E-state index is 0.152. The zero-order valence-corrected chi connectivity index (χ0v) is 11.8. The second-order valence-corrected chi connectivity index (χ2v) is 5.37. The number of hydrogen-bond donors (Lipinski definition) is 2. The van der Waals surface area contributed by atoms with Crippen LogP contribution < -0.4 is 5.32 Å². The Kier molecular flexibility index (Phi) is 4.25. The summed E-state index contributed by atoms with van der Waals surface area (Å²) in [6.45, 7) is 2.34. The fraction of sp³-hybridized carbons (Fsp3) is 0.400. The molecule has 0 radical (unpaired) electrons. The van der Waals surface area contributed by atoms with E-state index in [1.165, 1.54) is 0 Å². The Hall–Kier alpha value is -2.21. The van der Waals surface area contributed by atoms with Crippen molar-refractivity contribution in [3.63, 3.8) is 0 Å². The highest BCUT2D eigenvalue weighted by molar-refractivity contribution is 5.78. The van der Waals surface area contributed by atoms with Crippen LogP contribution in [0.25, 0.3) is 0 Å². The standard InChI is InChI=1S/C15H19N5O/c21-15-4-3-13(19-15)10-20(11-14-17-6-7-18-14)9-12-2-1-5-16-8-12/h1-2,5-8,13H,3-4,9-11H2,(H,17,18)(H,19,21)/t13-/m0/s1. The third kappa shape index (κ3) is 3.88. The summed E-state index contributed by atoms with van der Waals surface area (Å²) in [5, 5.41) is 3.02. The predicted molar refractivity (Wildman–Crippen MR) is 78.1 cm³/mol. The van der Waals surface area contributed by atoms with Crippen LogP contribution in [0.5, 0.6) is 0 Å². The van der Waals surface area contributed by atoms with Crippen molar-refractivity contribution in [1.82, 2.24) is 25.2 Å². The van der Waals surface area contributed by atoms with Gasteiger partial charge in [-0.1, -0.05) is 6.07 Å². The summed E-state index contributed by atoms with van der Waals surface area (Å²) in [6, 6.07) is 4.23. The van der Waals surface area contributed by atoms with E-state index in [9.17, 15) is 4.79 Å². The highest BCUT2D eigenvalue weighted by Crippen LogP contribution is 2.12. The highest BCUT2D eigenvalue weighted by atomic mass is 16.1. The average molecular weight is 285 g/mol. The number of rotatable bonds is 6. The summed E-state index contributed by atoms with van der Waals surface area (Å²) in [6.07, 6.45) is 8.77. The maximum absolute atomic E-state index is 11.4. The number of nitrogens with zero attached hydrogens (tertiary/aromatic N) is 3. The number of aromatic amines is 1. The van der Waals surface area contributed by atoms with E-state index >= 15 is 0 Å². The Morgan fingerprint density at radius 1 is 1.33 bits per heavy atom. The van der Waals surface area contributed by atoms with Crippen molar-refractivity contribution in [3.05, 3.63) is 48.3 Å². The molecule has 0 saturated carbocycles. The van der Waals surface area contributed by atoms with Crippen molar-refractivity contribution in [2.75, 3.05) is 6.54 Å². The van der Waals surface area contributed by atoms with Crippen LogP contribution >= 0.6 is 0 Å². The Morgan fingerprint density at radius 3 is 2.95 bits per heavy atom. The minimum atomic E-state index is 0.152. The highest BCUT2D eigenvalue weighted by Gasteiger charge is 2.23. The normalized spacial score (nSPS) is 18.1. The van der Waals surface area contributed by atoms with Crippen molar-refractivity contribution in [2.24, 2.45) is 0 Å². The predicted octanol–water partition coefficient (Wildman–Crippen LogP) is 1.09. The Labute approximate surface area is 123 Å². The molecule has 1 aliphatic rings. The van der Waals surface area contributed by atoms with Gasteiger partial charge in [0.15, 0.2) is 0 Å². The number of aromatic nitrogens is 3. The molecule has 0 spiro atoms. The first kappa shape index (κ1) is 13.8. The van der Waals surface area contributed by atoms with Crippen molar-refractivity contribution >= 4 is 5.91 Å². The first-order valence-corrected chi connectivity index (χ1v) is 7.18. The van der Waals surface area contributed by atoms with Gasteiger partial charge >= 0.3 is 0 Å². The molecule has 3 heterocycles. The van der Waals surface area contributed by atoms with E-state index < -0.39 is 0 Å². The molecule has 0 unspecified atom stereocenters. The van der Waals surface area contributed by atoms with Gasteiger partial charge in [-0.3, -0.25) is 14.7 Å². The number of hydrogen-bond acceptors (Lipinski definition) is 4. The molecule has 6 nitrogen and oxygen atoms in total. The Balaban J connectivity index is 1.66. The van der Waals surface area contributed by atoms with Gasteiger partial charge in [-0.15, -0.1) is 0 Å². The number of carbonyl (C=O) groups is 1. The molecule has 2 N–H and O–H groups in total. The Bertz CT molecular complexity index is 569. The summed E-state index contributed by atoms with van der Waals surface area (Å²) < 4.78 is 0. The van der Waals surface area contributed by atoms with E-state index in [-0.39, 0.29) is 11.9 Å². The van der Waals surface area contributed by atoms with E-state index in [0.29, 0.717) is 6.42 Å². The van der Waals surface area contributed by atoms with Gasteiger partial charge in [0, 0.05) is 50.3 Å². The number of H-pyrrole nitrogens is 1. The average Bonchev–Trinajstić information content (AvgIpc) is 3.12. The summed E-state index contributed by atoms with van der Waals surface area (Å²) in [5.74, 6) is 1.09. The molecule has 6 heteroatoms. The lowest BCUT2D eigenvalue weighted by molar-refractivity contribution is -0.119. The molecule has 1 saturated heterocycles. The molecule has 1 fully saturated rings. The first-order chi connectivity index (χ1) is 10.3. The fourth-order valence-corrected chi connectivity index (χ4v) is 2.66. The monoisotopic (exact) mass is 285 g/mol. The zero-order valence-electron chi connectivity index (χ0n) is 11.8. The van der Waals surface area contributed by atoms with Gasteiger partial charge in [0.2, 0.25) is 5.91 Å². The van der Waals surface area contributed by atoms with Crippen molar-refractivity contribution in [1.29, 1.82) is 0 Å². The van der Waals surface area contributed by atoms with Crippen LogP contribution in [-0.2, 0) is 17.9 Å². The van der Waals surface area contributed by atoms with Crippen LogP contribution in [0.4, 0.5) is 0 Å². The number of amides is 1. The molecular formula is C15H19N5O. The van der Waals surface area contributed by atoms with Crippen molar-refractivity contribution in [3.8, 4) is 0 Å². The number of nitrogens with one attached hydrogen (secondary N) is 2. The van der Waals surface area contributed by atoms with Gasteiger partial charge < -0.3 is 10.3 Å². The number of pyridine rings is 1. The van der Waals surface area contributed by atoms with Gasteiger partial charge in [-0.05, 0) is 18.1 Å². The quantitative estimate of drug-likeness (QED) is 0.833. The smallest absolute Gasteiger partial charge is 0.220 e. The molecule has 3 rings (SSSR count). The lowest BCUT2D eigenvalue weighted by atomic mass is 10.2. The number of carbonyl (C=O) groups excluding carboxylic acids is 1. The molecule has 2 aromatic rings. The zero-order chi connectivity index (χ0) is 14.5. The van der Waals surface area contributed by atoms with Gasteiger partial charge in [-0.25, -0.2) is 4.98 Å². The van der Waals surface area contributed by atoms with E-state index in [4.69, 9.17) is 0 Å². The van der Waals surface area contributed by atoms with Crippen LogP contribution in [0.1, 0.15) is 24.2 Å². The summed E-state index contributed by atoms with van der Waals surface area (Å²) in [7, 11) is 0. The van der Waals surface area contributed by atoms with E-state index in [1.54, 1.807) is 12.4 Å². The topological polar surface area (TPSA) is 73.9 Å². The summed E-state index contributed by atoms with van der Waals surface area (Å²) >= 11 is 0. The molecule has 21 heavy (non-hydrogen) atoms. The SMILES string of the molecule is O=C1CC[C@@H](CN(Cc2cccnc2)Cc2ncc[nH]2)N1. The molecule has 1 aliphatic heterocycles. The van der Waals surface area contributed by atoms with Crippen LogP contribution in [-0.4, -0.2) is 38.3 Å². The lowest BCUT2D eigenvalue weighted by Crippen LogP contribution is -2.38. The first-order valence-electron chi connectivity index (χ1n) is 7.18. The molecule has 110 valence electrons. The van der Waals surface area contributed by atoms with Crippen molar-refractivity contribution < 1.29 is 4.79 Å². The van der Waals surface area contributed by atoms with Crippen LogP contribution in [0, 0.1) is 0 Å².